The minimum absolute atomic E-state index is 0.0141. The molecule has 2 saturated carbocycles. The van der Waals surface area contributed by atoms with Crippen molar-refractivity contribution in [2.24, 2.45) is 21.8 Å². The van der Waals surface area contributed by atoms with Crippen LogP contribution in [0.4, 0.5) is 5.69 Å². The van der Waals surface area contributed by atoms with E-state index in [-0.39, 0.29) is 22.4 Å². The summed E-state index contributed by atoms with van der Waals surface area (Å²) in [7, 11) is 0. The molecule has 0 unspecified atom stereocenters. The molecule has 3 rings (SSSR count). The predicted octanol–water partition coefficient (Wildman–Crippen LogP) is 3.84. The van der Waals surface area contributed by atoms with Gasteiger partial charge in [0, 0.05) is 28.3 Å². The predicted molar refractivity (Wildman–Crippen MR) is 92.0 cm³/mol. The van der Waals surface area contributed by atoms with E-state index in [2.05, 4.69) is 31.3 Å². The van der Waals surface area contributed by atoms with Crippen LogP contribution in [0.15, 0.2) is 23.3 Å². The fraction of sp³-hybridized carbons (Fsp3) is 0.556. The Kier molecular flexibility index (Phi) is 3.73. The molecule has 2 atom stereocenters. The van der Waals surface area contributed by atoms with Gasteiger partial charge in [-0.2, -0.15) is 5.10 Å². The van der Waals surface area contributed by atoms with Crippen LogP contribution in [-0.2, 0) is 0 Å². The number of amides is 1. The third kappa shape index (κ3) is 2.32. The molecule has 0 spiro atoms. The molecule has 2 bridgehead atoms. The molecule has 1 amide bonds. The van der Waals surface area contributed by atoms with Crippen molar-refractivity contribution in [3.05, 3.63) is 39.4 Å². The van der Waals surface area contributed by atoms with Gasteiger partial charge >= 0.3 is 0 Å². The number of fused-ring (bicyclic) bond motifs is 2. The van der Waals surface area contributed by atoms with Crippen molar-refractivity contribution in [1.29, 1.82) is 0 Å². The Morgan fingerprint density at radius 1 is 1.38 bits per heavy atom. The summed E-state index contributed by atoms with van der Waals surface area (Å²) in [5.41, 5.74) is 4.82. The minimum Gasteiger partial charge on any atom is -0.267 e. The van der Waals surface area contributed by atoms with Gasteiger partial charge in [-0.05, 0) is 49.7 Å². The number of carbonyl (C=O) groups is 1. The lowest BCUT2D eigenvalue weighted by atomic mass is 9.70. The van der Waals surface area contributed by atoms with E-state index >= 15 is 0 Å². The third-order valence-electron chi connectivity index (χ3n) is 6.46. The number of hydrogen-bond acceptors (Lipinski definition) is 4. The topological polar surface area (TPSA) is 84.6 Å². The number of nitro groups is 1. The van der Waals surface area contributed by atoms with E-state index in [0.717, 1.165) is 18.6 Å². The zero-order valence-electron chi connectivity index (χ0n) is 14.5. The van der Waals surface area contributed by atoms with E-state index in [1.54, 1.807) is 6.92 Å². The summed E-state index contributed by atoms with van der Waals surface area (Å²) in [6.45, 7) is 8.44. The molecule has 1 aromatic rings. The van der Waals surface area contributed by atoms with E-state index in [9.17, 15) is 14.9 Å². The highest BCUT2D eigenvalue weighted by Crippen LogP contribution is 2.63. The van der Waals surface area contributed by atoms with Crippen LogP contribution in [-0.4, -0.2) is 16.5 Å². The summed E-state index contributed by atoms with van der Waals surface area (Å²) in [5.74, 6) is 0.296. The van der Waals surface area contributed by atoms with Crippen LogP contribution in [0, 0.1) is 33.8 Å². The number of benzene rings is 1. The second-order valence-electron chi connectivity index (χ2n) is 7.75. The third-order valence-corrected chi connectivity index (χ3v) is 6.46. The van der Waals surface area contributed by atoms with Crippen LogP contribution >= 0.6 is 0 Å². The molecule has 128 valence electrons. The number of carbonyl (C=O) groups excluding carboxylic acids is 1. The van der Waals surface area contributed by atoms with E-state index in [4.69, 9.17) is 0 Å². The molecule has 0 aromatic heterocycles. The highest BCUT2D eigenvalue weighted by atomic mass is 16.6. The van der Waals surface area contributed by atoms with Crippen molar-refractivity contribution in [2.45, 2.75) is 47.0 Å². The molecule has 2 aliphatic carbocycles. The summed E-state index contributed by atoms with van der Waals surface area (Å²) in [5, 5.41) is 15.3. The fourth-order valence-electron chi connectivity index (χ4n) is 4.28. The van der Waals surface area contributed by atoms with Gasteiger partial charge in [-0.15, -0.1) is 0 Å². The van der Waals surface area contributed by atoms with Crippen molar-refractivity contribution in [3.8, 4) is 0 Å². The number of nitrogens with one attached hydrogen (secondary N) is 1. The quantitative estimate of drug-likeness (QED) is 0.675. The molecule has 0 radical (unpaired) electrons. The molecular weight excluding hydrogens is 306 g/mol. The molecule has 0 aliphatic heterocycles. The first-order valence-corrected chi connectivity index (χ1v) is 8.29. The summed E-state index contributed by atoms with van der Waals surface area (Å²) in [6, 6.07) is 4.35. The van der Waals surface area contributed by atoms with Crippen molar-refractivity contribution >= 4 is 17.3 Å². The maximum atomic E-state index is 12.3. The lowest BCUT2D eigenvalue weighted by Gasteiger charge is -2.34. The van der Waals surface area contributed by atoms with E-state index < -0.39 is 4.92 Å². The Balaban J connectivity index is 1.77. The Labute approximate surface area is 141 Å². The van der Waals surface area contributed by atoms with Gasteiger partial charge in [-0.1, -0.05) is 20.8 Å². The SMILES string of the molecule is Cc1cc(C(=O)N/N=C2/C[C@H]3CC[C@]2(C)C3(C)C)ccc1[N+](=O)[O-]. The normalized spacial score (nSPS) is 29.0. The van der Waals surface area contributed by atoms with Gasteiger partial charge in [0.05, 0.1) is 4.92 Å². The first-order valence-electron chi connectivity index (χ1n) is 8.29. The standard InChI is InChI=1S/C18H23N3O3/c1-11-9-12(5-6-14(11)21(23)24)16(22)20-19-15-10-13-7-8-18(15,4)17(13,2)3/h5-6,9,13H,7-8,10H2,1-4H3,(H,20,22)/b19-15-/t13-,18+/m1/s1. The fourth-order valence-corrected chi connectivity index (χ4v) is 4.28. The van der Waals surface area contributed by atoms with Gasteiger partial charge in [0.2, 0.25) is 0 Å². The molecular formula is C18H23N3O3. The Morgan fingerprint density at radius 2 is 2.08 bits per heavy atom. The molecule has 6 heteroatoms. The molecule has 6 nitrogen and oxygen atoms in total. The van der Waals surface area contributed by atoms with Crippen molar-refractivity contribution in [2.75, 3.05) is 0 Å². The molecule has 2 aliphatic rings. The van der Waals surface area contributed by atoms with Crippen LogP contribution in [0.1, 0.15) is 56.0 Å². The zero-order chi connectivity index (χ0) is 17.7. The van der Waals surface area contributed by atoms with Crippen LogP contribution < -0.4 is 5.43 Å². The summed E-state index contributed by atoms with van der Waals surface area (Å²) in [4.78, 5) is 22.7. The summed E-state index contributed by atoms with van der Waals surface area (Å²) in [6.07, 6.45) is 3.26. The van der Waals surface area contributed by atoms with Crippen molar-refractivity contribution < 1.29 is 9.72 Å². The first-order chi connectivity index (χ1) is 11.2. The summed E-state index contributed by atoms with van der Waals surface area (Å²) >= 11 is 0. The van der Waals surface area contributed by atoms with E-state index in [0.29, 0.717) is 17.0 Å². The average molecular weight is 329 g/mol. The van der Waals surface area contributed by atoms with Gasteiger partial charge in [0.1, 0.15) is 0 Å². The number of rotatable bonds is 3. The Morgan fingerprint density at radius 3 is 2.58 bits per heavy atom. The van der Waals surface area contributed by atoms with Crippen LogP contribution in [0.5, 0.6) is 0 Å². The maximum Gasteiger partial charge on any atom is 0.272 e. The highest BCUT2D eigenvalue weighted by Gasteiger charge is 2.60. The van der Waals surface area contributed by atoms with Gasteiger partial charge in [-0.3, -0.25) is 14.9 Å². The lowest BCUT2D eigenvalue weighted by Crippen LogP contribution is -2.34. The lowest BCUT2D eigenvalue weighted by molar-refractivity contribution is -0.385. The monoisotopic (exact) mass is 329 g/mol. The highest BCUT2D eigenvalue weighted by molar-refractivity contribution is 5.98. The van der Waals surface area contributed by atoms with Crippen molar-refractivity contribution in [3.63, 3.8) is 0 Å². The average Bonchev–Trinajstić information content (AvgIpc) is 2.85. The second-order valence-corrected chi connectivity index (χ2v) is 7.75. The zero-order valence-corrected chi connectivity index (χ0v) is 14.5. The van der Waals surface area contributed by atoms with Gasteiger partial charge < -0.3 is 0 Å². The molecule has 1 N–H and O–H groups in total. The van der Waals surface area contributed by atoms with Crippen LogP contribution in [0.25, 0.3) is 0 Å². The Bertz CT molecular complexity index is 754. The van der Waals surface area contributed by atoms with Gasteiger partial charge in [0.15, 0.2) is 0 Å². The van der Waals surface area contributed by atoms with E-state index in [1.807, 2.05) is 0 Å². The molecule has 1 aromatic carbocycles. The van der Waals surface area contributed by atoms with E-state index in [1.165, 1.54) is 24.6 Å². The number of nitro benzene ring substituents is 1. The molecule has 0 saturated heterocycles. The van der Waals surface area contributed by atoms with Crippen LogP contribution in [0.3, 0.4) is 0 Å². The number of nitrogens with zero attached hydrogens (tertiary/aromatic N) is 2. The van der Waals surface area contributed by atoms with Gasteiger partial charge in [0.25, 0.3) is 11.6 Å². The summed E-state index contributed by atoms with van der Waals surface area (Å²) < 4.78 is 0. The Hall–Kier alpha value is -2.24. The molecule has 0 heterocycles. The van der Waals surface area contributed by atoms with Crippen molar-refractivity contribution in [1.82, 2.24) is 5.43 Å². The second kappa shape index (κ2) is 5.40. The first kappa shape index (κ1) is 16.6. The number of aryl methyl sites for hydroxylation is 1. The van der Waals surface area contributed by atoms with Crippen LogP contribution in [0.2, 0.25) is 0 Å². The van der Waals surface area contributed by atoms with Gasteiger partial charge in [-0.25, -0.2) is 5.43 Å². The molecule has 24 heavy (non-hydrogen) atoms. The number of hydrogen-bond donors (Lipinski definition) is 1. The maximum absolute atomic E-state index is 12.3. The smallest absolute Gasteiger partial charge is 0.267 e. The molecule has 2 fully saturated rings. The minimum atomic E-state index is -0.449. The number of hydrazone groups is 1. The largest absolute Gasteiger partial charge is 0.272 e.